The fourth-order valence-electron chi connectivity index (χ4n) is 3.81. The molecule has 0 unspecified atom stereocenters. The normalized spacial score (nSPS) is 27.8. The van der Waals surface area contributed by atoms with Gasteiger partial charge in [-0.3, -0.25) is 10.1 Å². The Labute approximate surface area is 175 Å². The molecule has 0 aromatic heterocycles. The standard InChI is InChI=1S/C20H21FN2O8/c21-13-8-11(22-6-5-10-7-12(23(28)29)1-3-14(10)22)2-4-15(13)30-20-19(27)18(26)17(25)16(9-24)31-20/h1-4,7-8,16-20,24-27H,5-6,9H2/t16-,17-,18+,19+,20+/m1/s1. The molecule has 31 heavy (non-hydrogen) atoms. The third kappa shape index (κ3) is 3.93. The van der Waals surface area contributed by atoms with Crippen molar-refractivity contribution in [3.63, 3.8) is 0 Å². The predicted molar refractivity (Wildman–Crippen MR) is 105 cm³/mol. The number of benzene rings is 2. The third-order valence-electron chi connectivity index (χ3n) is 5.49. The number of aliphatic hydroxyl groups excluding tert-OH is 4. The van der Waals surface area contributed by atoms with Crippen molar-refractivity contribution < 1.29 is 39.2 Å². The summed E-state index contributed by atoms with van der Waals surface area (Å²) in [6.45, 7) is -0.110. The van der Waals surface area contributed by atoms with Crippen LogP contribution in [0.2, 0.25) is 0 Å². The van der Waals surface area contributed by atoms with Crippen LogP contribution in [-0.4, -0.2) is 69.2 Å². The van der Waals surface area contributed by atoms with Gasteiger partial charge in [0.25, 0.3) is 5.69 Å². The number of nitro benzene ring substituents is 1. The highest BCUT2D eigenvalue weighted by atomic mass is 19.1. The lowest BCUT2D eigenvalue weighted by atomic mass is 9.99. The lowest BCUT2D eigenvalue weighted by Crippen LogP contribution is -2.60. The Morgan fingerprint density at radius 2 is 1.94 bits per heavy atom. The molecule has 1 fully saturated rings. The van der Waals surface area contributed by atoms with E-state index in [9.17, 15) is 34.9 Å². The molecule has 0 bridgehead atoms. The van der Waals surface area contributed by atoms with E-state index >= 15 is 0 Å². The molecular formula is C20H21FN2O8. The van der Waals surface area contributed by atoms with Crippen molar-refractivity contribution in [3.8, 4) is 5.75 Å². The number of hydrogen-bond donors (Lipinski definition) is 4. The molecule has 5 atom stereocenters. The molecule has 11 heteroatoms. The van der Waals surface area contributed by atoms with Gasteiger partial charge in [0.15, 0.2) is 11.6 Å². The van der Waals surface area contributed by atoms with Crippen LogP contribution in [0, 0.1) is 15.9 Å². The van der Waals surface area contributed by atoms with Crippen molar-refractivity contribution in [2.45, 2.75) is 37.1 Å². The maximum Gasteiger partial charge on any atom is 0.269 e. The average Bonchev–Trinajstić information content (AvgIpc) is 3.18. The predicted octanol–water partition coefficient (Wildman–Crippen LogP) is 0.607. The molecule has 166 valence electrons. The van der Waals surface area contributed by atoms with Crippen LogP contribution in [0.25, 0.3) is 0 Å². The highest BCUT2D eigenvalue weighted by Crippen LogP contribution is 2.38. The molecule has 2 aliphatic rings. The molecule has 0 spiro atoms. The van der Waals surface area contributed by atoms with E-state index in [0.717, 1.165) is 11.3 Å². The Morgan fingerprint density at radius 3 is 2.61 bits per heavy atom. The molecule has 0 saturated carbocycles. The van der Waals surface area contributed by atoms with Crippen molar-refractivity contribution in [2.75, 3.05) is 18.1 Å². The van der Waals surface area contributed by atoms with Gasteiger partial charge >= 0.3 is 0 Å². The van der Waals surface area contributed by atoms with Gasteiger partial charge in [0, 0.05) is 36.1 Å². The number of rotatable bonds is 5. The summed E-state index contributed by atoms with van der Waals surface area (Å²) in [5.74, 6) is -1.01. The van der Waals surface area contributed by atoms with Crippen LogP contribution in [-0.2, 0) is 11.2 Å². The first-order valence-corrected chi connectivity index (χ1v) is 9.61. The minimum atomic E-state index is -1.65. The van der Waals surface area contributed by atoms with E-state index < -0.39 is 48.1 Å². The number of non-ortho nitro benzene ring substituents is 1. The van der Waals surface area contributed by atoms with E-state index in [1.807, 2.05) is 4.90 Å². The minimum Gasteiger partial charge on any atom is -0.459 e. The fourth-order valence-corrected chi connectivity index (χ4v) is 3.81. The van der Waals surface area contributed by atoms with Crippen LogP contribution in [0.15, 0.2) is 36.4 Å². The number of nitrogens with zero attached hydrogens (tertiary/aromatic N) is 2. The molecule has 0 aliphatic carbocycles. The summed E-state index contributed by atoms with van der Waals surface area (Å²) in [6, 6.07) is 8.65. The number of ether oxygens (including phenoxy) is 2. The Bertz CT molecular complexity index is 988. The Hall–Kier alpha value is -2.83. The summed E-state index contributed by atoms with van der Waals surface area (Å²) in [5, 5.41) is 49.9. The van der Waals surface area contributed by atoms with Gasteiger partial charge in [0.05, 0.1) is 11.5 Å². The van der Waals surface area contributed by atoms with Crippen LogP contribution in [0.1, 0.15) is 5.56 Å². The molecule has 2 aliphatic heterocycles. The Kier molecular flexibility index (Phi) is 5.77. The maximum atomic E-state index is 14.7. The molecule has 0 amide bonds. The van der Waals surface area contributed by atoms with E-state index in [1.54, 1.807) is 12.1 Å². The molecule has 4 N–H and O–H groups in total. The fraction of sp³-hybridized carbons (Fsp3) is 0.400. The van der Waals surface area contributed by atoms with E-state index in [-0.39, 0.29) is 11.4 Å². The molecule has 0 radical (unpaired) electrons. The summed E-state index contributed by atoms with van der Waals surface area (Å²) in [7, 11) is 0. The number of anilines is 2. The summed E-state index contributed by atoms with van der Waals surface area (Å²) in [4.78, 5) is 12.3. The van der Waals surface area contributed by atoms with Gasteiger partial charge in [0.1, 0.15) is 24.4 Å². The SMILES string of the molecule is O=[N+]([O-])c1ccc2c(c1)CCN2c1ccc(O[C@H]2O[C@H](CO)[C@@H](O)[C@H](O)[C@@H]2O)c(F)c1. The second-order valence-corrected chi connectivity index (χ2v) is 7.40. The maximum absolute atomic E-state index is 14.7. The first-order valence-electron chi connectivity index (χ1n) is 9.61. The van der Waals surface area contributed by atoms with Gasteiger partial charge in [-0.15, -0.1) is 0 Å². The van der Waals surface area contributed by atoms with Crippen LogP contribution in [0.3, 0.4) is 0 Å². The van der Waals surface area contributed by atoms with Crippen LogP contribution < -0.4 is 9.64 Å². The lowest BCUT2D eigenvalue weighted by molar-refractivity contribution is -0.384. The van der Waals surface area contributed by atoms with Crippen molar-refractivity contribution >= 4 is 17.1 Å². The number of aliphatic hydroxyl groups is 4. The van der Waals surface area contributed by atoms with Crippen molar-refractivity contribution in [2.24, 2.45) is 0 Å². The first-order chi connectivity index (χ1) is 14.8. The summed E-state index contributed by atoms with van der Waals surface area (Å²) in [5.41, 5.74) is 2.03. The lowest BCUT2D eigenvalue weighted by Gasteiger charge is -2.39. The zero-order chi connectivity index (χ0) is 22.3. The van der Waals surface area contributed by atoms with Gasteiger partial charge < -0.3 is 34.8 Å². The highest BCUT2D eigenvalue weighted by molar-refractivity contribution is 5.71. The molecule has 2 heterocycles. The van der Waals surface area contributed by atoms with Gasteiger partial charge in [-0.1, -0.05) is 0 Å². The molecule has 2 aromatic carbocycles. The average molecular weight is 436 g/mol. The zero-order valence-electron chi connectivity index (χ0n) is 16.2. The Morgan fingerprint density at radius 1 is 1.16 bits per heavy atom. The number of halogens is 1. The van der Waals surface area contributed by atoms with Crippen molar-refractivity contribution in [3.05, 3.63) is 57.9 Å². The van der Waals surface area contributed by atoms with Crippen LogP contribution in [0.5, 0.6) is 5.75 Å². The van der Waals surface area contributed by atoms with E-state index in [2.05, 4.69) is 0 Å². The number of fused-ring (bicyclic) bond motifs is 1. The van der Waals surface area contributed by atoms with Gasteiger partial charge in [0.2, 0.25) is 6.29 Å². The largest absolute Gasteiger partial charge is 0.459 e. The molecule has 1 saturated heterocycles. The molecule has 10 nitrogen and oxygen atoms in total. The van der Waals surface area contributed by atoms with Crippen LogP contribution >= 0.6 is 0 Å². The monoisotopic (exact) mass is 436 g/mol. The van der Waals surface area contributed by atoms with Gasteiger partial charge in [-0.2, -0.15) is 0 Å². The zero-order valence-corrected chi connectivity index (χ0v) is 16.2. The number of nitro groups is 1. The van der Waals surface area contributed by atoms with E-state index in [0.29, 0.717) is 18.7 Å². The van der Waals surface area contributed by atoms with E-state index in [4.69, 9.17) is 9.47 Å². The quantitative estimate of drug-likeness (QED) is 0.391. The van der Waals surface area contributed by atoms with Crippen molar-refractivity contribution in [1.29, 1.82) is 0 Å². The smallest absolute Gasteiger partial charge is 0.269 e. The summed E-state index contributed by atoms with van der Waals surface area (Å²) >= 11 is 0. The minimum absolute atomic E-state index is 0.00458. The highest BCUT2D eigenvalue weighted by Gasteiger charge is 2.45. The Balaban J connectivity index is 1.53. The van der Waals surface area contributed by atoms with Gasteiger partial charge in [-0.25, -0.2) is 4.39 Å². The second kappa shape index (κ2) is 8.36. The molecule has 4 rings (SSSR count). The first kappa shape index (κ1) is 21.4. The van der Waals surface area contributed by atoms with E-state index in [1.165, 1.54) is 24.3 Å². The molecule has 2 aromatic rings. The van der Waals surface area contributed by atoms with Crippen LogP contribution in [0.4, 0.5) is 21.5 Å². The summed E-state index contributed by atoms with van der Waals surface area (Å²) < 4.78 is 25.3. The molecular weight excluding hydrogens is 415 g/mol. The number of hydrogen-bond acceptors (Lipinski definition) is 9. The topological polar surface area (TPSA) is 146 Å². The third-order valence-corrected chi connectivity index (χ3v) is 5.49. The van der Waals surface area contributed by atoms with Gasteiger partial charge in [-0.05, 0) is 30.2 Å². The second-order valence-electron chi connectivity index (χ2n) is 7.40. The summed E-state index contributed by atoms with van der Waals surface area (Å²) in [6.07, 6.45) is -6.93. The van der Waals surface area contributed by atoms with Crippen molar-refractivity contribution in [1.82, 2.24) is 0 Å².